The average molecular weight is 364 g/mol. The smallest absolute Gasteiger partial charge is 0.417 e. The van der Waals surface area contributed by atoms with Crippen molar-refractivity contribution in [2.24, 2.45) is 5.92 Å². The number of alkyl halides is 3. The van der Waals surface area contributed by atoms with Gasteiger partial charge in [0.15, 0.2) is 0 Å². The van der Waals surface area contributed by atoms with E-state index in [-0.39, 0.29) is 23.9 Å². The Hall–Kier alpha value is -1.76. The lowest BCUT2D eigenvalue weighted by Crippen LogP contribution is -2.40. The fraction of sp³-hybridized carbons (Fsp3) is 0.500. The number of hydrogen-bond donors (Lipinski definition) is 1. The number of aliphatic carboxylic acids is 1. The molecule has 1 saturated heterocycles. The molecule has 1 heterocycles. The number of benzene rings is 1. The van der Waals surface area contributed by atoms with Gasteiger partial charge in [-0.2, -0.15) is 13.2 Å². The third kappa shape index (κ3) is 4.63. The number of carboxylic acid groups (broad SMARTS) is 1. The topological polar surface area (TPSA) is 57.6 Å². The maximum atomic E-state index is 13.1. The van der Waals surface area contributed by atoms with Crippen LogP contribution in [0, 0.1) is 5.92 Å². The molecule has 1 aromatic carbocycles. The number of piperidine rings is 1. The highest BCUT2D eigenvalue weighted by Crippen LogP contribution is 2.35. The monoisotopic (exact) mass is 363 g/mol. The van der Waals surface area contributed by atoms with Crippen LogP contribution in [0.1, 0.15) is 41.6 Å². The van der Waals surface area contributed by atoms with Gasteiger partial charge in [0.1, 0.15) is 0 Å². The molecule has 2 rings (SSSR count). The Morgan fingerprint density at radius 3 is 2.67 bits per heavy atom. The normalized spacial score (nSPS) is 18.5. The summed E-state index contributed by atoms with van der Waals surface area (Å²) in [6.45, 7) is 0.633. The lowest BCUT2D eigenvalue weighted by molar-refractivity contribution is -0.138. The van der Waals surface area contributed by atoms with Crippen LogP contribution in [0.15, 0.2) is 18.2 Å². The molecule has 8 heteroatoms. The Kier molecular flexibility index (Phi) is 5.74. The number of hydrogen-bond acceptors (Lipinski definition) is 2. The van der Waals surface area contributed by atoms with Crippen LogP contribution in [0.3, 0.4) is 0 Å². The van der Waals surface area contributed by atoms with E-state index in [2.05, 4.69) is 0 Å². The van der Waals surface area contributed by atoms with Gasteiger partial charge in [0.2, 0.25) is 0 Å². The minimum Gasteiger partial charge on any atom is -0.481 e. The van der Waals surface area contributed by atoms with Crippen molar-refractivity contribution >= 4 is 23.5 Å². The van der Waals surface area contributed by atoms with Crippen LogP contribution in [0.25, 0.3) is 0 Å². The molecule has 4 nitrogen and oxygen atoms in total. The summed E-state index contributed by atoms with van der Waals surface area (Å²) in [6.07, 6.45) is -2.86. The summed E-state index contributed by atoms with van der Waals surface area (Å²) in [7, 11) is 0. The van der Waals surface area contributed by atoms with Crippen molar-refractivity contribution in [2.45, 2.75) is 31.9 Å². The lowest BCUT2D eigenvalue weighted by atomic mass is 9.92. The molecule has 1 aliphatic rings. The molecular weight excluding hydrogens is 347 g/mol. The first-order chi connectivity index (χ1) is 11.2. The molecule has 24 heavy (non-hydrogen) atoms. The number of carbonyl (C=O) groups is 2. The summed E-state index contributed by atoms with van der Waals surface area (Å²) in [4.78, 5) is 24.5. The van der Waals surface area contributed by atoms with Crippen molar-refractivity contribution in [1.29, 1.82) is 0 Å². The molecule has 132 valence electrons. The summed E-state index contributed by atoms with van der Waals surface area (Å²) < 4.78 is 39.4. The maximum absolute atomic E-state index is 13.1. The zero-order valence-corrected chi connectivity index (χ0v) is 13.5. The van der Waals surface area contributed by atoms with Gasteiger partial charge in [-0.3, -0.25) is 9.59 Å². The maximum Gasteiger partial charge on any atom is 0.417 e. The van der Waals surface area contributed by atoms with E-state index in [1.165, 1.54) is 11.0 Å². The van der Waals surface area contributed by atoms with Gasteiger partial charge in [0.25, 0.3) is 5.91 Å². The van der Waals surface area contributed by atoms with E-state index in [0.717, 1.165) is 18.6 Å². The fourth-order valence-electron chi connectivity index (χ4n) is 2.92. The Bertz CT molecular complexity index is 633. The molecule has 0 saturated carbocycles. The van der Waals surface area contributed by atoms with Crippen molar-refractivity contribution in [1.82, 2.24) is 4.90 Å². The number of nitrogens with zero attached hydrogens (tertiary/aromatic N) is 1. The van der Waals surface area contributed by atoms with E-state index in [1.807, 2.05) is 0 Å². The first kappa shape index (κ1) is 18.6. The molecule has 0 aromatic heterocycles. The lowest BCUT2D eigenvalue weighted by Gasteiger charge is -2.33. The Morgan fingerprint density at radius 1 is 1.33 bits per heavy atom. The molecule has 0 radical (unpaired) electrons. The highest BCUT2D eigenvalue weighted by atomic mass is 35.5. The third-order valence-corrected chi connectivity index (χ3v) is 4.33. The summed E-state index contributed by atoms with van der Waals surface area (Å²) in [5, 5.41) is 8.64. The van der Waals surface area contributed by atoms with Crippen LogP contribution in [0.4, 0.5) is 13.2 Å². The minimum absolute atomic E-state index is 0.0125. The van der Waals surface area contributed by atoms with Gasteiger partial charge >= 0.3 is 12.1 Å². The number of amides is 1. The summed E-state index contributed by atoms with van der Waals surface area (Å²) >= 11 is 5.63. The number of carbonyl (C=O) groups excluding carboxylic acids is 1. The van der Waals surface area contributed by atoms with E-state index in [4.69, 9.17) is 16.7 Å². The second kappa shape index (κ2) is 7.42. The van der Waals surface area contributed by atoms with Gasteiger partial charge in [-0.25, -0.2) is 0 Å². The molecule has 1 unspecified atom stereocenters. The van der Waals surface area contributed by atoms with Crippen LogP contribution in [-0.2, 0) is 11.0 Å². The molecule has 0 spiro atoms. The van der Waals surface area contributed by atoms with Crippen LogP contribution in [-0.4, -0.2) is 35.0 Å². The fourth-order valence-corrected chi connectivity index (χ4v) is 3.09. The largest absolute Gasteiger partial charge is 0.481 e. The predicted molar refractivity (Wildman–Crippen MR) is 82.0 cm³/mol. The number of carboxylic acids is 1. The molecule has 1 aliphatic heterocycles. The van der Waals surface area contributed by atoms with Crippen molar-refractivity contribution in [2.75, 3.05) is 13.1 Å². The molecular formula is C16H17ClF3NO3. The standard InChI is InChI=1S/C16H17ClF3NO3/c17-11-4-5-12(13(8-11)16(18,19)20)15(24)21-7-1-2-10(9-21)3-6-14(22)23/h4-5,8,10H,1-3,6-7,9H2,(H,22,23). The highest BCUT2D eigenvalue weighted by Gasteiger charge is 2.37. The Balaban J connectivity index is 2.18. The molecule has 1 aromatic rings. The Labute approximate surface area is 142 Å². The summed E-state index contributed by atoms with van der Waals surface area (Å²) in [5.74, 6) is -1.63. The molecule has 1 atom stereocenters. The van der Waals surface area contributed by atoms with Gasteiger partial charge < -0.3 is 10.0 Å². The van der Waals surface area contributed by atoms with E-state index in [0.29, 0.717) is 19.4 Å². The molecule has 1 fully saturated rings. The van der Waals surface area contributed by atoms with Crippen molar-refractivity contribution < 1.29 is 27.9 Å². The second-order valence-electron chi connectivity index (χ2n) is 5.88. The van der Waals surface area contributed by atoms with Gasteiger partial charge in [-0.15, -0.1) is 0 Å². The number of halogens is 4. The van der Waals surface area contributed by atoms with Crippen LogP contribution in [0.5, 0.6) is 0 Å². The third-order valence-electron chi connectivity index (χ3n) is 4.09. The molecule has 1 N–H and O–H groups in total. The second-order valence-corrected chi connectivity index (χ2v) is 6.32. The van der Waals surface area contributed by atoms with E-state index in [9.17, 15) is 22.8 Å². The number of rotatable bonds is 4. The SMILES string of the molecule is O=C(O)CCC1CCCN(C(=O)c2ccc(Cl)cc2C(F)(F)F)C1. The van der Waals surface area contributed by atoms with Gasteiger partial charge in [0, 0.05) is 24.5 Å². The van der Waals surface area contributed by atoms with E-state index >= 15 is 0 Å². The van der Waals surface area contributed by atoms with Crippen molar-refractivity contribution in [3.05, 3.63) is 34.3 Å². The number of likely N-dealkylation sites (tertiary alicyclic amines) is 1. The Morgan fingerprint density at radius 2 is 2.04 bits per heavy atom. The van der Waals surface area contributed by atoms with E-state index in [1.54, 1.807) is 0 Å². The minimum atomic E-state index is -4.67. The molecule has 0 aliphatic carbocycles. The average Bonchev–Trinajstić information content (AvgIpc) is 2.51. The van der Waals surface area contributed by atoms with Gasteiger partial charge in [-0.1, -0.05) is 11.6 Å². The van der Waals surface area contributed by atoms with Gasteiger partial charge in [-0.05, 0) is 43.4 Å². The van der Waals surface area contributed by atoms with E-state index < -0.39 is 29.2 Å². The van der Waals surface area contributed by atoms with Crippen LogP contribution in [0.2, 0.25) is 5.02 Å². The molecule has 0 bridgehead atoms. The highest BCUT2D eigenvalue weighted by molar-refractivity contribution is 6.30. The summed E-state index contributed by atoms with van der Waals surface area (Å²) in [6, 6.07) is 3.10. The first-order valence-corrected chi connectivity index (χ1v) is 7.94. The van der Waals surface area contributed by atoms with Gasteiger partial charge in [0.05, 0.1) is 11.1 Å². The first-order valence-electron chi connectivity index (χ1n) is 7.56. The molecule has 1 amide bonds. The zero-order chi connectivity index (χ0) is 17.9. The van der Waals surface area contributed by atoms with Crippen LogP contribution < -0.4 is 0 Å². The van der Waals surface area contributed by atoms with Crippen molar-refractivity contribution in [3.63, 3.8) is 0 Å². The van der Waals surface area contributed by atoms with Crippen molar-refractivity contribution in [3.8, 4) is 0 Å². The zero-order valence-electron chi connectivity index (χ0n) is 12.8. The summed E-state index contributed by atoms with van der Waals surface area (Å²) in [5.41, 5.74) is -1.47. The quantitative estimate of drug-likeness (QED) is 0.877. The van der Waals surface area contributed by atoms with Crippen LogP contribution >= 0.6 is 11.6 Å². The predicted octanol–water partition coefficient (Wildman–Crippen LogP) is 4.08.